The number of nitriles is 1. The zero-order valence-electron chi connectivity index (χ0n) is 9.12. The zero-order chi connectivity index (χ0) is 11.8. The topological polar surface area (TPSA) is 45.4 Å². The molecule has 1 heterocycles. The van der Waals surface area contributed by atoms with Crippen LogP contribution in [-0.4, -0.2) is 18.0 Å². The van der Waals surface area contributed by atoms with Crippen LogP contribution in [0.25, 0.3) is 0 Å². The predicted molar refractivity (Wildman–Crippen MR) is 70.4 cm³/mol. The number of benzene rings is 1. The van der Waals surface area contributed by atoms with Gasteiger partial charge in [-0.05, 0) is 54.6 Å². The van der Waals surface area contributed by atoms with Crippen molar-refractivity contribution in [3.05, 3.63) is 32.9 Å². The lowest BCUT2D eigenvalue weighted by atomic mass is 10.1. The van der Waals surface area contributed by atoms with E-state index in [1.165, 1.54) is 0 Å². The van der Waals surface area contributed by atoms with E-state index in [1.54, 1.807) is 6.07 Å². The van der Waals surface area contributed by atoms with Gasteiger partial charge in [0, 0.05) is 9.13 Å². The quantitative estimate of drug-likeness (QED) is 0.745. The molecule has 4 heteroatoms. The van der Waals surface area contributed by atoms with E-state index in [4.69, 9.17) is 10.00 Å². The van der Waals surface area contributed by atoms with Crippen LogP contribution in [-0.2, 0) is 4.74 Å². The Labute approximate surface area is 108 Å². The van der Waals surface area contributed by atoms with Crippen molar-refractivity contribution < 1.29 is 4.74 Å². The van der Waals surface area contributed by atoms with E-state index in [2.05, 4.69) is 33.7 Å². The molecule has 0 aromatic heterocycles. The van der Waals surface area contributed by atoms with Crippen molar-refractivity contribution in [2.24, 2.45) is 4.99 Å². The van der Waals surface area contributed by atoms with Gasteiger partial charge in [-0.25, -0.2) is 4.99 Å². The second-order valence-corrected chi connectivity index (χ2v) is 5.49. The van der Waals surface area contributed by atoms with Gasteiger partial charge in [-0.2, -0.15) is 5.26 Å². The largest absolute Gasteiger partial charge is 0.475 e. The predicted octanol–water partition coefficient (Wildman–Crippen LogP) is 2.72. The summed E-state index contributed by atoms with van der Waals surface area (Å²) < 4.78 is 6.56. The van der Waals surface area contributed by atoms with Crippen LogP contribution in [0.2, 0.25) is 0 Å². The highest BCUT2D eigenvalue weighted by atomic mass is 127. The summed E-state index contributed by atoms with van der Waals surface area (Å²) in [5.74, 6) is 0.680. The third-order valence-electron chi connectivity index (χ3n) is 2.29. The number of halogens is 1. The molecule has 0 saturated heterocycles. The molecule has 0 N–H and O–H groups in total. The molecule has 82 valence electrons. The fourth-order valence-corrected chi connectivity index (χ4v) is 2.23. The van der Waals surface area contributed by atoms with Gasteiger partial charge in [0.05, 0.1) is 17.2 Å². The molecule has 0 radical (unpaired) electrons. The van der Waals surface area contributed by atoms with Crippen LogP contribution in [0.4, 0.5) is 0 Å². The molecule has 3 nitrogen and oxygen atoms in total. The lowest BCUT2D eigenvalue weighted by Gasteiger charge is -2.07. The molecule has 0 amide bonds. The van der Waals surface area contributed by atoms with Crippen molar-refractivity contribution in [2.45, 2.75) is 19.4 Å². The summed E-state index contributed by atoms with van der Waals surface area (Å²) in [6.45, 7) is 4.69. The minimum Gasteiger partial charge on any atom is -0.475 e. The Bertz CT molecular complexity index is 500. The van der Waals surface area contributed by atoms with Crippen LogP contribution < -0.4 is 0 Å². The molecule has 0 bridgehead atoms. The van der Waals surface area contributed by atoms with Crippen LogP contribution in [0.1, 0.15) is 25.0 Å². The average Bonchev–Trinajstić information content (AvgIpc) is 2.58. The van der Waals surface area contributed by atoms with E-state index in [0.29, 0.717) is 18.1 Å². The highest BCUT2D eigenvalue weighted by Gasteiger charge is 2.27. The lowest BCUT2D eigenvalue weighted by molar-refractivity contribution is 0.279. The number of ether oxygens (including phenoxy) is 1. The molecule has 0 fully saturated rings. The summed E-state index contributed by atoms with van der Waals surface area (Å²) in [6, 6.07) is 7.63. The molecule has 1 aliphatic heterocycles. The SMILES string of the molecule is CC1(C)COC(c2ccc(C#N)cc2I)=N1. The van der Waals surface area contributed by atoms with E-state index < -0.39 is 0 Å². The van der Waals surface area contributed by atoms with Crippen molar-refractivity contribution >= 4 is 28.5 Å². The van der Waals surface area contributed by atoms with Crippen molar-refractivity contribution in [3.63, 3.8) is 0 Å². The number of rotatable bonds is 1. The standard InChI is InChI=1S/C12H11IN2O/c1-12(2)7-16-11(15-12)9-4-3-8(6-14)5-10(9)13/h3-5H,7H2,1-2H3. The summed E-state index contributed by atoms with van der Waals surface area (Å²) in [5.41, 5.74) is 1.47. The molecule has 1 aromatic carbocycles. The van der Waals surface area contributed by atoms with Gasteiger partial charge < -0.3 is 4.74 Å². The van der Waals surface area contributed by atoms with Crippen LogP contribution in [0.15, 0.2) is 23.2 Å². The monoisotopic (exact) mass is 326 g/mol. The first kappa shape index (κ1) is 11.4. The zero-order valence-corrected chi connectivity index (χ0v) is 11.3. The Morgan fingerprint density at radius 1 is 1.50 bits per heavy atom. The van der Waals surface area contributed by atoms with E-state index in [1.807, 2.05) is 26.0 Å². The Balaban J connectivity index is 2.40. The van der Waals surface area contributed by atoms with E-state index in [-0.39, 0.29) is 5.54 Å². The Morgan fingerprint density at radius 2 is 2.25 bits per heavy atom. The third kappa shape index (κ3) is 2.19. The maximum atomic E-state index is 8.79. The molecule has 0 spiro atoms. The number of aliphatic imine (C=N–C) groups is 1. The molecule has 1 aliphatic rings. The van der Waals surface area contributed by atoms with Crippen LogP contribution in [0, 0.1) is 14.9 Å². The Morgan fingerprint density at radius 3 is 2.75 bits per heavy atom. The Hall–Kier alpha value is -1.09. The highest BCUT2D eigenvalue weighted by molar-refractivity contribution is 14.1. The lowest BCUT2D eigenvalue weighted by Crippen LogP contribution is -2.17. The van der Waals surface area contributed by atoms with Crippen LogP contribution >= 0.6 is 22.6 Å². The van der Waals surface area contributed by atoms with Crippen LogP contribution in [0.3, 0.4) is 0 Å². The number of hydrogen-bond donors (Lipinski definition) is 0. The minimum atomic E-state index is -0.147. The first-order valence-corrected chi connectivity index (χ1v) is 6.02. The van der Waals surface area contributed by atoms with Crippen molar-refractivity contribution in [3.8, 4) is 6.07 Å². The first-order chi connectivity index (χ1) is 7.52. The molecular formula is C12H11IN2O. The summed E-state index contributed by atoms with van der Waals surface area (Å²) in [4.78, 5) is 4.51. The number of hydrogen-bond acceptors (Lipinski definition) is 3. The number of nitrogens with zero attached hydrogens (tertiary/aromatic N) is 2. The van der Waals surface area contributed by atoms with Crippen LogP contribution in [0.5, 0.6) is 0 Å². The summed E-state index contributed by atoms with van der Waals surface area (Å²) in [7, 11) is 0. The van der Waals surface area contributed by atoms with Crippen molar-refractivity contribution in [2.75, 3.05) is 6.61 Å². The summed E-state index contributed by atoms with van der Waals surface area (Å²) >= 11 is 2.20. The normalized spacial score (nSPS) is 17.5. The van der Waals surface area contributed by atoms with E-state index in [0.717, 1.165) is 9.13 Å². The van der Waals surface area contributed by atoms with Crippen molar-refractivity contribution in [1.82, 2.24) is 0 Å². The molecule has 0 atom stereocenters. The van der Waals surface area contributed by atoms with E-state index >= 15 is 0 Å². The smallest absolute Gasteiger partial charge is 0.217 e. The molecule has 1 aromatic rings. The maximum Gasteiger partial charge on any atom is 0.217 e. The van der Waals surface area contributed by atoms with Gasteiger partial charge in [-0.1, -0.05) is 0 Å². The van der Waals surface area contributed by atoms with E-state index in [9.17, 15) is 0 Å². The fourth-order valence-electron chi connectivity index (χ4n) is 1.48. The summed E-state index contributed by atoms with van der Waals surface area (Å²) in [5, 5.41) is 8.79. The third-order valence-corrected chi connectivity index (χ3v) is 3.19. The van der Waals surface area contributed by atoms with Gasteiger partial charge in [0.15, 0.2) is 0 Å². The van der Waals surface area contributed by atoms with Gasteiger partial charge >= 0.3 is 0 Å². The molecule has 2 rings (SSSR count). The second kappa shape index (κ2) is 4.06. The van der Waals surface area contributed by atoms with Crippen molar-refractivity contribution in [1.29, 1.82) is 5.26 Å². The van der Waals surface area contributed by atoms with Gasteiger partial charge in [0.25, 0.3) is 0 Å². The fraction of sp³-hybridized carbons (Fsp3) is 0.333. The van der Waals surface area contributed by atoms with Gasteiger partial charge in [0.2, 0.25) is 5.90 Å². The minimum absolute atomic E-state index is 0.147. The van der Waals surface area contributed by atoms with Gasteiger partial charge in [0.1, 0.15) is 6.61 Å². The molecule has 0 aliphatic carbocycles. The summed E-state index contributed by atoms with van der Waals surface area (Å²) in [6.07, 6.45) is 0. The van der Waals surface area contributed by atoms with Gasteiger partial charge in [-0.3, -0.25) is 0 Å². The van der Waals surface area contributed by atoms with Gasteiger partial charge in [-0.15, -0.1) is 0 Å². The first-order valence-electron chi connectivity index (χ1n) is 4.94. The molecular weight excluding hydrogens is 315 g/mol. The molecule has 16 heavy (non-hydrogen) atoms. The highest BCUT2D eigenvalue weighted by Crippen LogP contribution is 2.23. The molecule has 0 saturated carbocycles. The average molecular weight is 326 g/mol. The Kier molecular flexibility index (Phi) is 2.89. The molecule has 0 unspecified atom stereocenters. The second-order valence-electron chi connectivity index (χ2n) is 4.32. The maximum absolute atomic E-state index is 8.79.